The molecule has 6 heteroatoms. The van der Waals surface area contributed by atoms with Crippen molar-refractivity contribution in [3.05, 3.63) is 64.3 Å². The van der Waals surface area contributed by atoms with Gasteiger partial charge < -0.3 is 9.72 Å². The summed E-state index contributed by atoms with van der Waals surface area (Å²) in [4.78, 5) is 15.2. The summed E-state index contributed by atoms with van der Waals surface area (Å²) in [6.07, 6.45) is -4.54. The van der Waals surface area contributed by atoms with Gasteiger partial charge in [-0.1, -0.05) is 18.2 Å². The van der Waals surface area contributed by atoms with Gasteiger partial charge >= 0.3 is 6.18 Å². The average Bonchev–Trinajstić information content (AvgIpc) is 2.53. The van der Waals surface area contributed by atoms with Crippen LogP contribution in [-0.4, -0.2) is 12.1 Å². The first-order valence-corrected chi connectivity index (χ1v) is 6.78. The first-order chi connectivity index (χ1) is 10.9. The molecule has 23 heavy (non-hydrogen) atoms. The Morgan fingerprint density at radius 3 is 2.48 bits per heavy atom. The number of alkyl halides is 3. The summed E-state index contributed by atoms with van der Waals surface area (Å²) in [6.45, 7) is 0. The van der Waals surface area contributed by atoms with E-state index in [2.05, 4.69) is 4.98 Å². The van der Waals surface area contributed by atoms with E-state index < -0.39 is 11.7 Å². The minimum absolute atomic E-state index is 0.185. The summed E-state index contributed by atoms with van der Waals surface area (Å²) in [6, 6.07) is 11.8. The molecule has 0 aliphatic rings. The van der Waals surface area contributed by atoms with E-state index in [1.54, 1.807) is 24.3 Å². The number of methoxy groups -OCH3 is 1. The third-order valence-corrected chi connectivity index (χ3v) is 3.55. The summed E-state index contributed by atoms with van der Waals surface area (Å²) >= 11 is 0. The maximum atomic E-state index is 13.1. The Bertz CT molecular complexity index is 929. The van der Waals surface area contributed by atoms with Crippen LogP contribution in [0.2, 0.25) is 0 Å². The Hall–Kier alpha value is -2.76. The van der Waals surface area contributed by atoms with E-state index in [9.17, 15) is 18.0 Å². The van der Waals surface area contributed by atoms with E-state index in [0.717, 1.165) is 6.07 Å². The molecular weight excluding hydrogens is 307 g/mol. The molecule has 1 N–H and O–H groups in total. The van der Waals surface area contributed by atoms with Gasteiger partial charge in [-0.3, -0.25) is 4.79 Å². The van der Waals surface area contributed by atoms with E-state index >= 15 is 0 Å². The first-order valence-electron chi connectivity index (χ1n) is 6.78. The van der Waals surface area contributed by atoms with Gasteiger partial charge in [-0.05, 0) is 24.3 Å². The van der Waals surface area contributed by atoms with Crippen LogP contribution in [0.5, 0.6) is 5.75 Å². The van der Waals surface area contributed by atoms with Crippen LogP contribution in [0, 0.1) is 0 Å². The summed E-state index contributed by atoms with van der Waals surface area (Å²) < 4.78 is 44.3. The highest BCUT2D eigenvalue weighted by atomic mass is 19.4. The van der Waals surface area contributed by atoms with Gasteiger partial charge in [0.1, 0.15) is 5.75 Å². The minimum Gasteiger partial charge on any atom is -0.495 e. The number of halogens is 3. The molecule has 0 bridgehead atoms. The highest BCUT2D eigenvalue weighted by Gasteiger charge is 2.35. The summed E-state index contributed by atoms with van der Waals surface area (Å²) in [7, 11) is 1.17. The predicted octanol–water partition coefficient (Wildman–Crippen LogP) is 4.22. The second kappa shape index (κ2) is 5.46. The SMILES string of the molecule is COc1c(-c2cc(=O)c3ccccc3[nH]2)cccc1C(F)(F)F. The Balaban J connectivity index is 2.29. The fourth-order valence-corrected chi connectivity index (χ4v) is 2.53. The molecule has 0 aliphatic heterocycles. The molecule has 118 valence electrons. The average molecular weight is 319 g/mol. The summed E-state index contributed by atoms with van der Waals surface area (Å²) in [5.41, 5.74) is -0.142. The van der Waals surface area contributed by atoms with Crippen molar-refractivity contribution >= 4 is 10.9 Å². The van der Waals surface area contributed by atoms with Crippen molar-refractivity contribution in [1.82, 2.24) is 4.98 Å². The van der Waals surface area contributed by atoms with E-state index in [4.69, 9.17) is 4.74 Å². The van der Waals surface area contributed by atoms with Crippen molar-refractivity contribution in [3.63, 3.8) is 0 Å². The molecule has 1 heterocycles. The van der Waals surface area contributed by atoms with Crippen LogP contribution in [0.3, 0.4) is 0 Å². The Morgan fingerprint density at radius 1 is 1.04 bits per heavy atom. The summed E-state index contributed by atoms with van der Waals surface area (Å²) in [5, 5.41) is 0.474. The zero-order valence-corrected chi connectivity index (χ0v) is 12.1. The zero-order valence-electron chi connectivity index (χ0n) is 12.1. The number of ether oxygens (including phenoxy) is 1. The van der Waals surface area contributed by atoms with E-state index in [0.29, 0.717) is 10.9 Å². The van der Waals surface area contributed by atoms with Gasteiger partial charge in [0.2, 0.25) is 0 Å². The molecule has 2 aromatic carbocycles. The predicted molar refractivity (Wildman–Crippen MR) is 81.6 cm³/mol. The number of benzene rings is 2. The molecule has 3 nitrogen and oxygen atoms in total. The van der Waals surface area contributed by atoms with Crippen LogP contribution in [0.25, 0.3) is 22.2 Å². The van der Waals surface area contributed by atoms with Crippen LogP contribution in [-0.2, 0) is 6.18 Å². The third-order valence-electron chi connectivity index (χ3n) is 3.55. The molecule has 3 rings (SSSR count). The number of aromatic nitrogens is 1. The molecule has 0 amide bonds. The van der Waals surface area contributed by atoms with Crippen LogP contribution in [0.15, 0.2) is 53.3 Å². The number of rotatable bonds is 2. The monoisotopic (exact) mass is 319 g/mol. The van der Waals surface area contributed by atoms with Crippen LogP contribution >= 0.6 is 0 Å². The molecule has 0 radical (unpaired) electrons. The third kappa shape index (κ3) is 2.67. The number of hydrogen-bond acceptors (Lipinski definition) is 2. The van der Waals surface area contributed by atoms with Crippen molar-refractivity contribution in [2.75, 3.05) is 7.11 Å². The lowest BCUT2D eigenvalue weighted by Gasteiger charge is -2.16. The number of para-hydroxylation sites is 2. The summed E-state index contributed by atoms with van der Waals surface area (Å²) in [5.74, 6) is -0.314. The Kier molecular flexibility index (Phi) is 3.60. The highest BCUT2D eigenvalue weighted by molar-refractivity contribution is 5.82. The first kappa shape index (κ1) is 15.1. The van der Waals surface area contributed by atoms with Crippen molar-refractivity contribution in [2.45, 2.75) is 6.18 Å². The molecule has 1 aromatic heterocycles. The molecular formula is C17H12F3NO2. The molecule has 0 unspecified atom stereocenters. The zero-order chi connectivity index (χ0) is 16.6. The molecule has 0 aliphatic carbocycles. The van der Waals surface area contributed by atoms with Crippen LogP contribution in [0.4, 0.5) is 13.2 Å². The fraction of sp³-hybridized carbons (Fsp3) is 0.118. The molecule has 0 saturated heterocycles. The lowest BCUT2D eigenvalue weighted by Crippen LogP contribution is -2.09. The maximum Gasteiger partial charge on any atom is 0.419 e. The number of hydrogen-bond donors (Lipinski definition) is 1. The van der Waals surface area contributed by atoms with Gasteiger partial charge in [0, 0.05) is 22.5 Å². The second-order valence-corrected chi connectivity index (χ2v) is 4.98. The van der Waals surface area contributed by atoms with Crippen LogP contribution in [0.1, 0.15) is 5.56 Å². The number of fused-ring (bicyclic) bond motifs is 1. The second-order valence-electron chi connectivity index (χ2n) is 4.98. The number of pyridine rings is 1. The van der Waals surface area contributed by atoms with Crippen molar-refractivity contribution < 1.29 is 17.9 Å². The lowest BCUT2D eigenvalue weighted by atomic mass is 10.0. The molecule has 0 spiro atoms. The fourth-order valence-electron chi connectivity index (χ4n) is 2.53. The number of nitrogens with one attached hydrogen (secondary N) is 1. The quantitative estimate of drug-likeness (QED) is 0.768. The largest absolute Gasteiger partial charge is 0.495 e. The molecule has 0 atom stereocenters. The van der Waals surface area contributed by atoms with Crippen molar-refractivity contribution in [3.8, 4) is 17.0 Å². The minimum atomic E-state index is -4.54. The van der Waals surface area contributed by atoms with Gasteiger partial charge in [0.15, 0.2) is 5.43 Å². The van der Waals surface area contributed by atoms with Gasteiger partial charge in [-0.2, -0.15) is 13.2 Å². The van der Waals surface area contributed by atoms with Gasteiger partial charge in [0.05, 0.1) is 18.4 Å². The van der Waals surface area contributed by atoms with Crippen molar-refractivity contribution in [2.24, 2.45) is 0 Å². The Labute approximate surface area is 129 Å². The molecule has 0 saturated carbocycles. The number of H-pyrrole nitrogens is 1. The standard InChI is InChI=1S/C17H12F3NO2/c1-23-16-11(6-4-7-12(16)17(18,19)20)14-9-15(22)10-5-2-3-8-13(10)21-14/h2-9H,1H3,(H,21,22). The highest BCUT2D eigenvalue weighted by Crippen LogP contribution is 2.41. The lowest BCUT2D eigenvalue weighted by molar-refractivity contribution is -0.138. The van der Waals surface area contributed by atoms with E-state index in [-0.39, 0.29) is 22.4 Å². The topological polar surface area (TPSA) is 42.1 Å². The molecule has 0 fully saturated rings. The van der Waals surface area contributed by atoms with Gasteiger partial charge in [0.25, 0.3) is 0 Å². The Morgan fingerprint density at radius 2 is 1.78 bits per heavy atom. The smallest absolute Gasteiger partial charge is 0.419 e. The van der Waals surface area contributed by atoms with E-state index in [1.165, 1.54) is 25.3 Å². The van der Waals surface area contributed by atoms with Crippen molar-refractivity contribution in [1.29, 1.82) is 0 Å². The van der Waals surface area contributed by atoms with Crippen LogP contribution < -0.4 is 10.2 Å². The maximum absolute atomic E-state index is 13.1. The number of aromatic amines is 1. The van der Waals surface area contributed by atoms with Gasteiger partial charge in [-0.15, -0.1) is 0 Å². The van der Waals surface area contributed by atoms with Gasteiger partial charge in [-0.25, -0.2) is 0 Å². The van der Waals surface area contributed by atoms with E-state index in [1.807, 2.05) is 0 Å². The normalized spacial score (nSPS) is 11.7. The molecule has 3 aromatic rings.